The van der Waals surface area contributed by atoms with Crippen molar-refractivity contribution >= 4 is 16.1 Å². The molecule has 0 fully saturated rings. The number of benzene rings is 1. The van der Waals surface area contributed by atoms with Crippen molar-refractivity contribution in [1.29, 1.82) is 0 Å². The van der Waals surface area contributed by atoms with Crippen LogP contribution in [0.4, 0.5) is 0 Å². The minimum Gasteiger partial charge on any atom is -0.426 e. The lowest BCUT2D eigenvalue weighted by atomic mass is 10.1. The highest BCUT2D eigenvalue weighted by molar-refractivity contribution is 7.85. The molecule has 0 spiro atoms. The molecule has 0 heterocycles. The van der Waals surface area contributed by atoms with Gasteiger partial charge >= 0.3 is 5.97 Å². The molecular weight excluding hydrogens is 256 g/mol. The Balaban J connectivity index is 2.49. The fourth-order valence-corrected chi connectivity index (χ4v) is 1.84. The van der Waals surface area contributed by atoms with Crippen LogP contribution in [0, 0.1) is 13.8 Å². The van der Waals surface area contributed by atoms with Gasteiger partial charge in [-0.15, -0.1) is 0 Å². The van der Waals surface area contributed by atoms with Crippen LogP contribution in [0.15, 0.2) is 18.2 Å². The summed E-state index contributed by atoms with van der Waals surface area (Å²) in [5.74, 6) is -0.0690. The van der Waals surface area contributed by atoms with Crippen LogP contribution in [0.2, 0.25) is 0 Å². The molecule has 0 aliphatic heterocycles. The largest absolute Gasteiger partial charge is 0.426 e. The number of aryl methyl sites for hydroxylation is 2. The predicted molar refractivity (Wildman–Crippen MR) is 67.0 cm³/mol. The van der Waals surface area contributed by atoms with Crippen molar-refractivity contribution in [2.45, 2.75) is 20.3 Å². The number of rotatable bonds is 5. The molecule has 100 valence electrons. The van der Waals surface area contributed by atoms with E-state index < -0.39 is 16.1 Å². The summed E-state index contributed by atoms with van der Waals surface area (Å²) in [6, 6.07) is 5.44. The van der Waals surface area contributed by atoms with Gasteiger partial charge in [0.2, 0.25) is 0 Å². The maximum Gasteiger partial charge on any atom is 0.313 e. The summed E-state index contributed by atoms with van der Waals surface area (Å²) in [4.78, 5) is 11.4. The van der Waals surface area contributed by atoms with Crippen molar-refractivity contribution < 1.29 is 22.1 Å². The normalized spacial score (nSPS) is 11.3. The van der Waals surface area contributed by atoms with Crippen molar-refractivity contribution in [3.05, 3.63) is 29.3 Å². The van der Waals surface area contributed by atoms with E-state index in [0.717, 1.165) is 17.4 Å². The highest BCUT2D eigenvalue weighted by Crippen LogP contribution is 2.16. The smallest absolute Gasteiger partial charge is 0.313 e. The van der Waals surface area contributed by atoms with E-state index in [1.807, 2.05) is 19.9 Å². The monoisotopic (exact) mass is 272 g/mol. The van der Waals surface area contributed by atoms with Crippen molar-refractivity contribution in [2.75, 3.05) is 12.9 Å². The Bertz CT molecular complexity index is 513. The molecule has 0 N–H and O–H groups in total. The van der Waals surface area contributed by atoms with Crippen LogP contribution in [0.5, 0.6) is 5.75 Å². The average Bonchev–Trinajstić information content (AvgIpc) is 2.12. The van der Waals surface area contributed by atoms with Gasteiger partial charge in [0.25, 0.3) is 10.1 Å². The van der Waals surface area contributed by atoms with Crippen LogP contribution in [0.1, 0.15) is 17.5 Å². The molecule has 1 rings (SSSR count). The van der Waals surface area contributed by atoms with E-state index in [4.69, 9.17) is 4.74 Å². The highest BCUT2D eigenvalue weighted by Gasteiger charge is 2.08. The zero-order valence-corrected chi connectivity index (χ0v) is 11.4. The van der Waals surface area contributed by atoms with E-state index in [0.29, 0.717) is 5.75 Å². The van der Waals surface area contributed by atoms with E-state index in [1.54, 1.807) is 12.1 Å². The first-order chi connectivity index (χ1) is 8.26. The lowest BCUT2D eigenvalue weighted by Gasteiger charge is -2.06. The third-order valence-corrected chi connectivity index (χ3v) is 2.63. The van der Waals surface area contributed by atoms with Crippen LogP contribution < -0.4 is 4.74 Å². The number of esters is 1. The molecule has 0 saturated heterocycles. The average molecular weight is 272 g/mol. The quantitative estimate of drug-likeness (QED) is 0.462. The van der Waals surface area contributed by atoms with Crippen molar-refractivity contribution in [1.82, 2.24) is 0 Å². The van der Waals surface area contributed by atoms with Crippen LogP contribution in [0.25, 0.3) is 0 Å². The van der Waals surface area contributed by atoms with E-state index in [-0.39, 0.29) is 13.0 Å². The molecule has 0 aromatic heterocycles. The second-order valence-electron chi connectivity index (χ2n) is 4.07. The summed E-state index contributed by atoms with van der Waals surface area (Å²) in [7, 11) is -3.51. The van der Waals surface area contributed by atoms with Crippen molar-refractivity contribution in [3.8, 4) is 5.75 Å². The van der Waals surface area contributed by atoms with Gasteiger partial charge in [0.1, 0.15) is 5.75 Å². The number of hydrogen-bond donors (Lipinski definition) is 0. The number of carbonyl (C=O) groups is 1. The fourth-order valence-electron chi connectivity index (χ4n) is 1.45. The van der Waals surface area contributed by atoms with Gasteiger partial charge < -0.3 is 4.74 Å². The molecule has 0 saturated carbocycles. The SMILES string of the molecule is Cc1cc(C)cc(OC(=O)CCOS(C)(=O)=O)c1. The first-order valence-electron chi connectivity index (χ1n) is 5.39. The molecule has 5 nitrogen and oxygen atoms in total. The van der Waals surface area contributed by atoms with E-state index >= 15 is 0 Å². The summed E-state index contributed by atoms with van der Waals surface area (Å²) in [6.07, 6.45) is 0.822. The van der Waals surface area contributed by atoms with Gasteiger partial charge in [-0.25, -0.2) is 0 Å². The minimum atomic E-state index is -3.51. The first-order valence-corrected chi connectivity index (χ1v) is 7.21. The lowest BCUT2D eigenvalue weighted by Crippen LogP contribution is -2.13. The summed E-state index contributed by atoms with van der Waals surface area (Å²) >= 11 is 0. The second kappa shape index (κ2) is 5.97. The topological polar surface area (TPSA) is 69.7 Å². The van der Waals surface area contributed by atoms with E-state index in [9.17, 15) is 13.2 Å². The zero-order chi connectivity index (χ0) is 13.8. The summed E-state index contributed by atoms with van der Waals surface area (Å²) in [5.41, 5.74) is 1.98. The van der Waals surface area contributed by atoms with Gasteiger partial charge in [-0.2, -0.15) is 8.42 Å². The maximum absolute atomic E-state index is 11.4. The van der Waals surface area contributed by atoms with E-state index in [1.165, 1.54) is 0 Å². The van der Waals surface area contributed by atoms with Gasteiger partial charge in [0.05, 0.1) is 19.3 Å². The molecule has 1 aromatic rings. The van der Waals surface area contributed by atoms with Gasteiger partial charge in [0.15, 0.2) is 0 Å². The molecule has 0 aliphatic carbocycles. The third-order valence-electron chi connectivity index (χ3n) is 2.03. The number of carbonyl (C=O) groups excluding carboxylic acids is 1. The molecule has 0 atom stereocenters. The van der Waals surface area contributed by atoms with Gasteiger partial charge in [-0.1, -0.05) is 6.07 Å². The van der Waals surface area contributed by atoms with Gasteiger partial charge in [0, 0.05) is 0 Å². The summed E-state index contributed by atoms with van der Waals surface area (Å²) in [6.45, 7) is 3.59. The Morgan fingerprint density at radius 1 is 1.17 bits per heavy atom. The van der Waals surface area contributed by atoms with Gasteiger partial charge in [-0.3, -0.25) is 8.98 Å². The Labute approximate surface area is 107 Å². The van der Waals surface area contributed by atoms with Crippen LogP contribution in [-0.2, 0) is 19.1 Å². The zero-order valence-electron chi connectivity index (χ0n) is 10.6. The molecular formula is C12H16O5S. The third kappa shape index (κ3) is 5.79. The number of ether oxygens (including phenoxy) is 1. The Hall–Kier alpha value is -1.40. The molecule has 6 heteroatoms. The second-order valence-corrected chi connectivity index (χ2v) is 5.72. The molecule has 0 amide bonds. The Morgan fingerprint density at radius 3 is 2.22 bits per heavy atom. The summed E-state index contributed by atoms with van der Waals surface area (Å²) < 4.78 is 30.9. The van der Waals surface area contributed by atoms with Crippen LogP contribution in [0.3, 0.4) is 0 Å². The predicted octanol–water partition coefficient (Wildman–Crippen LogP) is 1.58. The van der Waals surface area contributed by atoms with Crippen LogP contribution >= 0.6 is 0 Å². The Morgan fingerprint density at radius 2 is 1.72 bits per heavy atom. The standard InChI is InChI=1S/C12H16O5S/c1-9-6-10(2)8-11(7-9)17-12(13)4-5-16-18(3,14)15/h6-8H,4-5H2,1-3H3. The van der Waals surface area contributed by atoms with Crippen molar-refractivity contribution in [2.24, 2.45) is 0 Å². The number of hydrogen-bond acceptors (Lipinski definition) is 5. The fraction of sp³-hybridized carbons (Fsp3) is 0.417. The molecule has 18 heavy (non-hydrogen) atoms. The molecule has 0 radical (unpaired) electrons. The van der Waals surface area contributed by atoms with Crippen molar-refractivity contribution in [3.63, 3.8) is 0 Å². The summed E-state index contributed by atoms with van der Waals surface area (Å²) in [5, 5.41) is 0. The minimum absolute atomic E-state index is 0.111. The van der Waals surface area contributed by atoms with E-state index in [2.05, 4.69) is 4.18 Å². The molecule has 0 bridgehead atoms. The maximum atomic E-state index is 11.4. The lowest BCUT2D eigenvalue weighted by molar-refractivity contribution is -0.134. The molecule has 1 aromatic carbocycles. The van der Waals surface area contributed by atoms with Crippen LogP contribution in [-0.4, -0.2) is 27.2 Å². The Kier molecular flexibility index (Phi) is 4.86. The highest BCUT2D eigenvalue weighted by atomic mass is 32.2. The molecule has 0 unspecified atom stereocenters. The first kappa shape index (κ1) is 14.7. The van der Waals surface area contributed by atoms with Gasteiger partial charge in [-0.05, 0) is 37.1 Å². The molecule has 0 aliphatic rings.